The first-order valence-electron chi connectivity index (χ1n) is 5.93. The van der Waals surface area contributed by atoms with E-state index in [-0.39, 0.29) is 5.91 Å². The Hall–Kier alpha value is -1.07. The van der Waals surface area contributed by atoms with Crippen molar-refractivity contribution in [3.8, 4) is 5.75 Å². The number of hydrogen-bond acceptors (Lipinski definition) is 3. The van der Waals surface area contributed by atoms with E-state index in [4.69, 9.17) is 9.47 Å². The second-order valence-corrected chi connectivity index (χ2v) is 5.02. The van der Waals surface area contributed by atoms with Crippen LogP contribution < -0.4 is 4.74 Å². The molecule has 0 N–H and O–H groups in total. The Morgan fingerprint density at radius 1 is 1.39 bits per heavy atom. The number of rotatable bonds is 2. The van der Waals surface area contributed by atoms with Crippen LogP contribution in [0.3, 0.4) is 0 Å². The first-order chi connectivity index (χ1) is 8.72. The van der Waals surface area contributed by atoms with Crippen LogP contribution in [0.15, 0.2) is 22.7 Å². The monoisotopic (exact) mass is 313 g/mol. The van der Waals surface area contributed by atoms with Gasteiger partial charge in [-0.3, -0.25) is 4.79 Å². The Kier molecular flexibility index (Phi) is 4.60. The van der Waals surface area contributed by atoms with E-state index in [1.54, 1.807) is 19.2 Å². The van der Waals surface area contributed by atoms with Crippen LogP contribution in [0.4, 0.5) is 0 Å². The smallest absolute Gasteiger partial charge is 0.257 e. The zero-order valence-corrected chi connectivity index (χ0v) is 11.9. The molecule has 0 aliphatic carbocycles. The third-order valence-electron chi connectivity index (χ3n) is 2.90. The van der Waals surface area contributed by atoms with E-state index in [1.165, 1.54) is 0 Å². The Balaban J connectivity index is 2.23. The number of carbonyl (C=O) groups excluding carboxylic acids is 1. The summed E-state index contributed by atoms with van der Waals surface area (Å²) in [5.41, 5.74) is 0.591. The average Bonchev–Trinajstić information content (AvgIpc) is 2.66. The van der Waals surface area contributed by atoms with E-state index < -0.39 is 0 Å². The van der Waals surface area contributed by atoms with Crippen LogP contribution in [0.1, 0.15) is 16.8 Å². The lowest BCUT2D eigenvalue weighted by Crippen LogP contribution is -2.33. The minimum absolute atomic E-state index is 0.00125. The molecule has 18 heavy (non-hydrogen) atoms. The van der Waals surface area contributed by atoms with E-state index in [2.05, 4.69) is 15.9 Å². The molecule has 0 aromatic heterocycles. The molecule has 1 saturated heterocycles. The van der Waals surface area contributed by atoms with Crippen molar-refractivity contribution in [2.45, 2.75) is 6.42 Å². The van der Waals surface area contributed by atoms with Gasteiger partial charge in [0.1, 0.15) is 5.75 Å². The second-order valence-electron chi connectivity index (χ2n) is 4.10. The van der Waals surface area contributed by atoms with Crippen molar-refractivity contribution in [2.24, 2.45) is 0 Å². The minimum atomic E-state index is -0.00125. The molecule has 0 atom stereocenters. The molecule has 1 fully saturated rings. The normalized spacial score (nSPS) is 16.2. The van der Waals surface area contributed by atoms with Gasteiger partial charge < -0.3 is 14.4 Å². The van der Waals surface area contributed by atoms with Crippen LogP contribution in [0.5, 0.6) is 5.75 Å². The summed E-state index contributed by atoms with van der Waals surface area (Å²) in [5.74, 6) is 0.604. The highest BCUT2D eigenvalue weighted by atomic mass is 79.9. The molecule has 0 saturated carbocycles. The number of methoxy groups -OCH3 is 1. The van der Waals surface area contributed by atoms with Crippen LogP contribution in [-0.2, 0) is 4.74 Å². The first-order valence-corrected chi connectivity index (χ1v) is 6.72. The zero-order chi connectivity index (χ0) is 13.0. The largest absolute Gasteiger partial charge is 0.496 e. The van der Waals surface area contributed by atoms with Crippen LogP contribution in [-0.4, -0.2) is 44.2 Å². The first kappa shape index (κ1) is 13.4. The van der Waals surface area contributed by atoms with Crippen molar-refractivity contribution >= 4 is 21.8 Å². The SMILES string of the molecule is COc1ccc(Br)cc1C(=O)N1CCCOCC1. The lowest BCUT2D eigenvalue weighted by molar-refractivity contribution is 0.0738. The topological polar surface area (TPSA) is 38.8 Å². The van der Waals surface area contributed by atoms with Gasteiger partial charge in [-0.25, -0.2) is 0 Å². The van der Waals surface area contributed by atoms with Crippen LogP contribution in [0, 0.1) is 0 Å². The van der Waals surface area contributed by atoms with Gasteiger partial charge in [-0.1, -0.05) is 15.9 Å². The third kappa shape index (κ3) is 3.03. The number of hydrogen-bond donors (Lipinski definition) is 0. The summed E-state index contributed by atoms with van der Waals surface area (Å²) in [4.78, 5) is 14.3. The predicted octanol–water partition coefficient (Wildman–Crippen LogP) is 2.32. The number of amides is 1. The van der Waals surface area contributed by atoms with Crippen LogP contribution >= 0.6 is 15.9 Å². The molecule has 1 aliphatic rings. The van der Waals surface area contributed by atoms with Crippen molar-refractivity contribution in [3.05, 3.63) is 28.2 Å². The number of carbonyl (C=O) groups is 1. The van der Waals surface area contributed by atoms with Gasteiger partial charge in [0.05, 0.1) is 19.3 Å². The maximum absolute atomic E-state index is 12.5. The third-order valence-corrected chi connectivity index (χ3v) is 3.39. The van der Waals surface area contributed by atoms with Crippen molar-refractivity contribution in [3.63, 3.8) is 0 Å². The molecule has 0 bridgehead atoms. The summed E-state index contributed by atoms with van der Waals surface area (Å²) < 4.78 is 11.5. The molecule has 98 valence electrons. The molecule has 5 heteroatoms. The van der Waals surface area contributed by atoms with Gasteiger partial charge in [0.15, 0.2) is 0 Å². The van der Waals surface area contributed by atoms with E-state index in [1.807, 2.05) is 11.0 Å². The van der Waals surface area contributed by atoms with Gasteiger partial charge in [0.25, 0.3) is 5.91 Å². The highest BCUT2D eigenvalue weighted by Gasteiger charge is 2.20. The summed E-state index contributed by atoms with van der Waals surface area (Å²) in [6.45, 7) is 2.68. The van der Waals surface area contributed by atoms with Crippen LogP contribution in [0.25, 0.3) is 0 Å². The predicted molar refractivity (Wildman–Crippen MR) is 72.0 cm³/mol. The van der Waals surface area contributed by atoms with Gasteiger partial charge in [0, 0.05) is 24.2 Å². The molecule has 0 spiro atoms. The Morgan fingerprint density at radius 2 is 2.22 bits per heavy atom. The van der Waals surface area contributed by atoms with Gasteiger partial charge >= 0.3 is 0 Å². The summed E-state index contributed by atoms with van der Waals surface area (Å²) in [6, 6.07) is 5.46. The Labute approximate surface area is 115 Å². The van der Waals surface area contributed by atoms with Crippen LogP contribution in [0.2, 0.25) is 0 Å². The highest BCUT2D eigenvalue weighted by Crippen LogP contribution is 2.24. The number of halogens is 1. The van der Waals surface area contributed by atoms with Gasteiger partial charge in [0.2, 0.25) is 0 Å². The summed E-state index contributed by atoms with van der Waals surface area (Å²) in [6.07, 6.45) is 0.877. The fourth-order valence-electron chi connectivity index (χ4n) is 1.97. The van der Waals surface area contributed by atoms with Crippen molar-refractivity contribution in [1.29, 1.82) is 0 Å². The van der Waals surface area contributed by atoms with Crippen molar-refractivity contribution in [1.82, 2.24) is 4.90 Å². The van der Waals surface area contributed by atoms with E-state index in [0.29, 0.717) is 24.5 Å². The molecule has 1 aromatic carbocycles. The van der Waals surface area contributed by atoms with Crippen molar-refractivity contribution < 1.29 is 14.3 Å². The molecule has 1 aliphatic heterocycles. The minimum Gasteiger partial charge on any atom is -0.496 e. The maximum Gasteiger partial charge on any atom is 0.257 e. The standard InChI is InChI=1S/C13H16BrNO3/c1-17-12-4-3-10(14)9-11(12)13(16)15-5-2-7-18-8-6-15/h3-4,9H,2,5-8H2,1H3. The molecule has 1 aromatic rings. The molecule has 0 radical (unpaired) electrons. The number of ether oxygens (including phenoxy) is 2. The number of nitrogens with zero attached hydrogens (tertiary/aromatic N) is 1. The van der Waals surface area contributed by atoms with Gasteiger partial charge in [-0.2, -0.15) is 0 Å². The lowest BCUT2D eigenvalue weighted by Gasteiger charge is -2.20. The molecule has 0 unspecified atom stereocenters. The molecular formula is C13H16BrNO3. The molecule has 2 rings (SSSR count). The van der Waals surface area contributed by atoms with E-state index in [0.717, 1.165) is 24.0 Å². The lowest BCUT2D eigenvalue weighted by atomic mass is 10.1. The van der Waals surface area contributed by atoms with Gasteiger partial charge in [-0.05, 0) is 24.6 Å². The Bertz CT molecular complexity index is 428. The second kappa shape index (κ2) is 6.20. The van der Waals surface area contributed by atoms with Crippen molar-refractivity contribution in [2.75, 3.05) is 33.4 Å². The average molecular weight is 314 g/mol. The molecule has 4 nitrogen and oxygen atoms in total. The summed E-state index contributed by atoms with van der Waals surface area (Å²) in [7, 11) is 1.57. The number of benzene rings is 1. The molecule has 1 amide bonds. The quantitative estimate of drug-likeness (QED) is 0.841. The summed E-state index contributed by atoms with van der Waals surface area (Å²) in [5, 5.41) is 0. The molecule has 1 heterocycles. The highest BCUT2D eigenvalue weighted by molar-refractivity contribution is 9.10. The fourth-order valence-corrected chi connectivity index (χ4v) is 2.33. The van der Waals surface area contributed by atoms with Gasteiger partial charge in [-0.15, -0.1) is 0 Å². The van der Waals surface area contributed by atoms with E-state index >= 15 is 0 Å². The van der Waals surface area contributed by atoms with E-state index in [9.17, 15) is 4.79 Å². The maximum atomic E-state index is 12.5. The fraction of sp³-hybridized carbons (Fsp3) is 0.462. The summed E-state index contributed by atoms with van der Waals surface area (Å²) >= 11 is 3.38. The zero-order valence-electron chi connectivity index (χ0n) is 10.3. The molecular weight excluding hydrogens is 298 g/mol. The Morgan fingerprint density at radius 3 is 3.00 bits per heavy atom.